The molecule has 114 valence electrons. The van der Waals surface area contributed by atoms with E-state index in [-0.39, 0.29) is 11.9 Å². The van der Waals surface area contributed by atoms with Crippen LogP contribution in [0.5, 0.6) is 0 Å². The van der Waals surface area contributed by atoms with Gasteiger partial charge in [-0.1, -0.05) is 29.8 Å². The molecular formula is C17H12ClFN4. The molecule has 0 bridgehead atoms. The summed E-state index contributed by atoms with van der Waals surface area (Å²) in [4.78, 5) is 4.24. The minimum Gasteiger partial charge on any atom is -0.324 e. The predicted molar refractivity (Wildman–Crippen MR) is 87.6 cm³/mol. The van der Waals surface area contributed by atoms with Crippen LogP contribution in [0.2, 0.25) is 5.02 Å². The van der Waals surface area contributed by atoms with Crippen LogP contribution < -0.4 is 5.32 Å². The number of fused-ring (bicyclic) bond motifs is 1. The van der Waals surface area contributed by atoms with Crippen LogP contribution in [0.25, 0.3) is 5.70 Å². The molecule has 0 aliphatic carbocycles. The highest BCUT2D eigenvalue weighted by Gasteiger charge is 2.24. The van der Waals surface area contributed by atoms with Gasteiger partial charge in [-0.3, -0.25) is 0 Å². The molecule has 1 aliphatic rings. The number of hydrogen-bond donors (Lipinski definition) is 1. The van der Waals surface area contributed by atoms with Gasteiger partial charge in [0.2, 0.25) is 5.95 Å². The maximum absolute atomic E-state index is 13.2. The average molecular weight is 327 g/mol. The lowest BCUT2D eigenvalue weighted by molar-refractivity contribution is 0.612. The summed E-state index contributed by atoms with van der Waals surface area (Å²) in [7, 11) is 0. The first-order valence-electron chi connectivity index (χ1n) is 7.11. The summed E-state index contributed by atoms with van der Waals surface area (Å²) < 4.78 is 14.9. The summed E-state index contributed by atoms with van der Waals surface area (Å²) in [6.45, 7) is 0. The first-order chi connectivity index (χ1) is 11.2. The third-order valence-corrected chi connectivity index (χ3v) is 4.13. The zero-order chi connectivity index (χ0) is 15.8. The molecule has 23 heavy (non-hydrogen) atoms. The standard InChI is InChI=1S/C17H12ClFN4/c18-14-4-2-1-3-13(14)16-9-15(11-5-7-12(19)8-6-11)22-17-20-10-21-23(16)17/h1-10,16H,(H,20,21,22)/t16-/m1/s1. The minimum atomic E-state index is -0.268. The largest absolute Gasteiger partial charge is 0.324 e. The van der Waals surface area contributed by atoms with E-state index in [1.165, 1.54) is 18.5 Å². The minimum absolute atomic E-state index is 0.178. The normalized spacial score (nSPS) is 16.4. The van der Waals surface area contributed by atoms with E-state index in [9.17, 15) is 4.39 Å². The van der Waals surface area contributed by atoms with E-state index in [4.69, 9.17) is 11.6 Å². The zero-order valence-electron chi connectivity index (χ0n) is 11.9. The SMILES string of the molecule is Fc1ccc(C2=C[C@H](c3ccccc3Cl)n3ncnc3N2)cc1. The molecule has 1 aliphatic heterocycles. The van der Waals surface area contributed by atoms with Crippen LogP contribution in [0.3, 0.4) is 0 Å². The number of rotatable bonds is 2. The summed E-state index contributed by atoms with van der Waals surface area (Å²) >= 11 is 6.34. The molecule has 2 heterocycles. The van der Waals surface area contributed by atoms with E-state index in [0.717, 1.165) is 16.8 Å². The highest BCUT2D eigenvalue weighted by Crippen LogP contribution is 2.34. The number of nitrogens with zero attached hydrogens (tertiary/aromatic N) is 3. The molecule has 1 N–H and O–H groups in total. The molecule has 0 spiro atoms. The second-order valence-electron chi connectivity index (χ2n) is 5.21. The van der Waals surface area contributed by atoms with E-state index >= 15 is 0 Å². The fourth-order valence-corrected chi connectivity index (χ4v) is 2.92. The second kappa shape index (κ2) is 5.52. The lowest BCUT2D eigenvalue weighted by atomic mass is 10.0. The van der Waals surface area contributed by atoms with Crippen molar-refractivity contribution < 1.29 is 4.39 Å². The molecule has 1 aromatic heterocycles. The van der Waals surface area contributed by atoms with Crippen LogP contribution in [0, 0.1) is 5.82 Å². The van der Waals surface area contributed by atoms with E-state index in [1.807, 2.05) is 30.3 Å². The topological polar surface area (TPSA) is 42.7 Å². The highest BCUT2D eigenvalue weighted by atomic mass is 35.5. The van der Waals surface area contributed by atoms with Crippen molar-refractivity contribution in [3.63, 3.8) is 0 Å². The van der Waals surface area contributed by atoms with Crippen LogP contribution in [0.4, 0.5) is 10.3 Å². The highest BCUT2D eigenvalue weighted by molar-refractivity contribution is 6.31. The number of anilines is 1. The monoisotopic (exact) mass is 326 g/mol. The summed E-state index contributed by atoms with van der Waals surface area (Å²) in [5.41, 5.74) is 2.65. The van der Waals surface area contributed by atoms with Crippen molar-refractivity contribution >= 4 is 23.2 Å². The van der Waals surface area contributed by atoms with Gasteiger partial charge in [-0.25, -0.2) is 9.07 Å². The van der Waals surface area contributed by atoms with Gasteiger partial charge in [0.25, 0.3) is 0 Å². The number of aromatic nitrogens is 3. The first kappa shape index (κ1) is 14.0. The Morgan fingerprint density at radius 1 is 1.09 bits per heavy atom. The summed E-state index contributed by atoms with van der Waals surface area (Å²) in [6.07, 6.45) is 3.50. The Bertz CT molecular complexity index is 886. The molecule has 0 saturated carbocycles. The smallest absolute Gasteiger partial charge is 0.226 e. The number of nitrogens with one attached hydrogen (secondary N) is 1. The molecule has 0 fully saturated rings. The Morgan fingerprint density at radius 2 is 1.87 bits per heavy atom. The molecule has 0 saturated heterocycles. The van der Waals surface area contributed by atoms with Crippen molar-refractivity contribution in [3.8, 4) is 0 Å². The van der Waals surface area contributed by atoms with Crippen molar-refractivity contribution in [1.82, 2.24) is 14.8 Å². The second-order valence-corrected chi connectivity index (χ2v) is 5.61. The van der Waals surface area contributed by atoms with Gasteiger partial charge in [0.05, 0.1) is 0 Å². The molecule has 0 radical (unpaired) electrons. The fourth-order valence-electron chi connectivity index (χ4n) is 2.67. The molecule has 4 nitrogen and oxygen atoms in total. The maximum Gasteiger partial charge on any atom is 0.226 e. The van der Waals surface area contributed by atoms with Crippen LogP contribution in [-0.4, -0.2) is 14.8 Å². The van der Waals surface area contributed by atoms with Gasteiger partial charge >= 0.3 is 0 Å². The first-order valence-corrected chi connectivity index (χ1v) is 7.49. The Hall–Kier alpha value is -2.66. The van der Waals surface area contributed by atoms with E-state index in [1.54, 1.807) is 16.8 Å². The maximum atomic E-state index is 13.2. The van der Waals surface area contributed by atoms with Gasteiger partial charge in [0.1, 0.15) is 18.2 Å². The molecule has 0 unspecified atom stereocenters. The average Bonchev–Trinajstić information content (AvgIpc) is 3.04. The molecule has 2 aromatic carbocycles. The predicted octanol–water partition coefficient (Wildman–Crippen LogP) is 4.13. The van der Waals surface area contributed by atoms with Crippen LogP contribution >= 0.6 is 11.6 Å². The number of halogens is 2. The van der Waals surface area contributed by atoms with Crippen molar-refractivity contribution in [1.29, 1.82) is 0 Å². The summed E-state index contributed by atoms with van der Waals surface area (Å²) in [6, 6.07) is 13.8. The van der Waals surface area contributed by atoms with Gasteiger partial charge < -0.3 is 5.32 Å². The van der Waals surface area contributed by atoms with E-state index in [0.29, 0.717) is 11.0 Å². The lowest BCUT2D eigenvalue weighted by Crippen LogP contribution is -2.20. The Labute approximate surface area is 137 Å². The van der Waals surface area contributed by atoms with Gasteiger partial charge in [-0.05, 0) is 47.5 Å². The van der Waals surface area contributed by atoms with Gasteiger partial charge in [-0.15, -0.1) is 0 Å². The van der Waals surface area contributed by atoms with Crippen molar-refractivity contribution in [2.24, 2.45) is 0 Å². The summed E-state index contributed by atoms with van der Waals surface area (Å²) in [5.74, 6) is 0.354. The lowest BCUT2D eigenvalue weighted by Gasteiger charge is -2.25. The molecule has 1 atom stereocenters. The van der Waals surface area contributed by atoms with Crippen LogP contribution in [0.15, 0.2) is 60.9 Å². The Kier molecular flexibility index (Phi) is 3.35. The van der Waals surface area contributed by atoms with Crippen molar-refractivity contribution in [2.45, 2.75) is 6.04 Å². The molecule has 0 amide bonds. The molecule has 3 aromatic rings. The molecular weight excluding hydrogens is 315 g/mol. The van der Waals surface area contributed by atoms with Crippen LogP contribution in [-0.2, 0) is 0 Å². The van der Waals surface area contributed by atoms with Gasteiger partial charge in [0.15, 0.2) is 0 Å². The Morgan fingerprint density at radius 3 is 2.65 bits per heavy atom. The van der Waals surface area contributed by atoms with E-state index in [2.05, 4.69) is 15.4 Å². The summed E-state index contributed by atoms with van der Waals surface area (Å²) in [5, 5.41) is 8.16. The number of benzene rings is 2. The van der Waals surface area contributed by atoms with Gasteiger partial charge in [0, 0.05) is 10.7 Å². The zero-order valence-corrected chi connectivity index (χ0v) is 12.7. The number of hydrogen-bond acceptors (Lipinski definition) is 3. The van der Waals surface area contributed by atoms with Crippen molar-refractivity contribution in [3.05, 3.63) is 82.9 Å². The van der Waals surface area contributed by atoms with E-state index < -0.39 is 0 Å². The van der Waals surface area contributed by atoms with Crippen LogP contribution in [0.1, 0.15) is 17.2 Å². The number of allylic oxidation sites excluding steroid dienone is 1. The Balaban J connectivity index is 1.83. The van der Waals surface area contributed by atoms with Crippen molar-refractivity contribution in [2.75, 3.05) is 5.32 Å². The van der Waals surface area contributed by atoms with Gasteiger partial charge in [-0.2, -0.15) is 10.1 Å². The molecule has 4 rings (SSSR count). The quantitative estimate of drug-likeness (QED) is 0.770. The molecule has 6 heteroatoms. The fraction of sp³-hybridized carbons (Fsp3) is 0.0588. The third kappa shape index (κ3) is 2.49. The third-order valence-electron chi connectivity index (χ3n) is 3.79.